The van der Waals surface area contributed by atoms with E-state index in [-0.39, 0.29) is 30.2 Å². The van der Waals surface area contributed by atoms with E-state index in [0.29, 0.717) is 23.6 Å². The van der Waals surface area contributed by atoms with Crippen molar-refractivity contribution in [2.24, 2.45) is 0 Å². The third kappa shape index (κ3) is 5.09. The summed E-state index contributed by atoms with van der Waals surface area (Å²) in [6.45, 7) is 3.90. The zero-order valence-electron chi connectivity index (χ0n) is 21.9. The minimum atomic E-state index is -3.81. The standard InChI is InChI=1S/C28H42N3O4P/c1-3-34-36(33,35-4-2)27-28(32)31(26-18-11-10-17-25(26)29-27)24-19-22-15-12-16-23(20-24)30(22)21-13-8-6-5-7-9-14-21/h10-11,17-18,21-24H,3-9,12-16,19-20H2,1-2H3. The minimum Gasteiger partial charge on any atom is -0.304 e. The molecule has 2 aromatic rings. The molecule has 36 heavy (non-hydrogen) atoms. The molecule has 3 heterocycles. The Kier molecular flexibility index (Phi) is 8.31. The summed E-state index contributed by atoms with van der Waals surface area (Å²) in [7, 11) is -3.81. The number of aromatic nitrogens is 2. The van der Waals surface area contributed by atoms with Crippen molar-refractivity contribution in [3.8, 4) is 0 Å². The number of benzene rings is 1. The molecule has 198 valence electrons. The van der Waals surface area contributed by atoms with Crippen molar-refractivity contribution in [2.75, 3.05) is 13.2 Å². The molecule has 5 rings (SSSR count). The van der Waals surface area contributed by atoms with Crippen LogP contribution in [0.25, 0.3) is 11.0 Å². The minimum absolute atomic E-state index is 0.0564. The van der Waals surface area contributed by atoms with Gasteiger partial charge in [-0.3, -0.25) is 14.3 Å². The summed E-state index contributed by atoms with van der Waals surface area (Å²) in [6.07, 6.45) is 15.0. The molecule has 1 aromatic carbocycles. The summed E-state index contributed by atoms with van der Waals surface area (Å²) >= 11 is 0. The summed E-state index contributed by atoms with van der Waals surface area (Å²) in [5.41, 5.74) is 1.09. The van der Waals surface area contributed by atoms with Crippen LogP contribution in [-0.2, 0) is 13.6 Å². The largest absolute Gasteiger partial charge is 0.385 e. The Morgan fingerprint density at radius 1 is 0.833 bits per heavy atom. The van der Waals surface area contributed by atoms with Crippen molar-refractivity contribution in [1.82, 2.24) is 14.5 Å². The van der Waals surface area contributed by atoms with E-state index in [1.165, 1.54) is 64.2 Å². The smallest absolute Gasteiger partial charge is 0.304 e. The Hall–Kier alpha value is -1.53. The number of fused-ring (bicyclic) bond motifs is 3. The van der Waals surface area contributed by atoms with Crippen LogP contribution in [-0.4, -0.2) is 45.8 Å². The Morgan fingerprint density at radius 2 is 1.42 bits per heavy atom. The van der Waals surface area contributed by atoms with Crippen molar-refractivity contribution in [3.63, 3.8) is 0 Å². The van der Waals surface area contributed by atoms with Crippen molar-refractivity contribution >= 4 is 24.1 Å². The van der Waals surface area contributed by atoms with Gasteiger partial charge in [0.1, 0.15) is 0 Å². The molecule has 1 aliphatic carbocycles. The lowest BCUT2D eigenvalue weighted by molar-refractivity contribution is -0.0246. The lowest BCUT2D eigenvalue weighted by Gasteiger charge is -2.53. The van der Waals surface area contributed by atoms with Gasteiger partial charge in [0, 0.05) is 24.2 Å². The molecule has 2 bridgehead atoms. The Labute approximate surface area is 215 Å². The highest BCUT2D eigenvalue weighted by Crippen LogP contribution is 2.46. The lowest BCUT2D eigenvalue weighted by Crippen LogP contribution is -2.57. The van der Waals surface area contributed by atoms with E-state index in [1.807, 2.05) is 28.8 Å². The highest BCUT2D eigenvalue weighted by Gasteiger charge is 2.43. The number of para-hydroxylation sites is 2. The first kappa shape index (κ1) is 26.1. The van der Waals surface area contributed by atoms with Crippen LogP contribution in [0.3, 0.4) is 0 Å². The molecule has 3 fully saturated rings. The van der Waals surface area contributed by atoms with Crippen molar-refractivity contribution < 1.29 is 13.6 Å². The number of rotatable bonds is 7. The van der Waals surface area contributed by atoms with Crippen LogP contribution in [0, 0.1) is 0 Å². The van der Waals surface area contributed by atoms with Gasteiger partial charge in [-0.2, -0.15) is 0 Å². The molecule has 3 aliphatic rings. The fourth-order valence-electron chi connectivity index (χ4n) is 7.11. The number of hydrogen-bond acceptors (Lipinski definition) is 6. The van der Waals surface area contributed by atoms with Crippen molar-refractivity contribution in [1.29, 1.82) is 0 Å². The SMILES string of the molecule is CCOP(=O)(OCC)c1nc2ccccc2n(C2CC3CCCC(C2)N3C2CCCCCCC2)c1=O. The Balaban J connectivity index is 1.53. The van der Waals surface area contributed by atoms with E-state index in [9.17, 15) is 9.36 Å². The van der Waals surface area contributed by atoms with Crippen LogP contribution in [0.5, 0.6) is 0 Å². The van der Waals surface area contributed by atoms with Gasteiger partial charge in [0.05, 0.1) is 24.2 Å². The second kappa shape index (κ2) is 11.5. The zero-order chi connectivity index (χ0) is 25.1. The Bertz CT molecular complexity index is 1120. The molecule has 8 heteroatoms. The predicted molar refractivity (Wildman–Crippen MR) is 144 cm³/mol. The van der Waals surface area contributed by atoms with Crippen LogP contribution in [0.15, 0.2) is 29.1 Å². The molecule has 0 spiro atoms. The van der Waals surface area contributed by atoms with Gasteiger partial charge in [-0.25, -0.2) is 4.98 Å². The number of hydrogen-bond donors (Lipinski definition) is 0. The van der Waals surface area contributed by atoms with E-state index in [4.69, 9.17) is 9.05 Å². The van der Waals surface area contributed by atoms with E-state index in [2.05, 4.69) is 9.88 Å². The summed E-state index contributed by atoms with van der Waals surface area (Å²) in [4.78, 5) is 21.4. The second-order valence-electron chi connectivity index (χ2n) is 10.7. The maximum absolute atomic E-state index is 14.0. The van der Waals surface area contributed by atoms with Crippen molar-refractivity contribution in [2.45, 2.75) is 115 Å². The summed E-state index contributed by atoms with van der Waals surface area (Å²) in [6, 6.07) is 9.46. The average molecular weight is 516 g/mol. The van der Waals surface area contributed by atoms with Crippen molar-refractivity contribution in [3.05, 3.63) is 34.6 Å². The maximum Gasteiger partial charge on any atom is 0.385 e. The molecule has 2 unspecified atom stereocenters. The molecule has 2 atom stereocenters. The molecule has 1 aromatic heterocycles. The molecule has 0 radical (unpaired) electrons. The van der Waals surface area contributed by atoms with Crippen LogP contribution in [0.4, 0.5) is 0 Å². The van der Waals surface area contributed by atoms with Crippen LogP contribution in [0.2, 0.25) is 0 Å². The van der Waals surface area contributed by atoms with Gasteiger partial charge in [0.15, 0.2) is 0 Å². The molecular weight excluding hydrogens is 473 g/mol. The monoisotopic (exact) mass is 515 g/mol. The molecule has 2 aliphatic heterocycles. The topological polar surface area (TPSA) is 73.7 Å². The Morgan fingerprint density at radius 3 is 2.06 bits per heavy atom. The van der Waals surface area contributed by atoms with Gasteiger partial charge < -0.3 is 13.6 Å². The molecule has 1 saturated carbocycles. The molecule has 0 N–H and O–H groups in total. The highest BCUT2D eigenvalue weighted by atomic mass is 31.2. The molecule has 7 nitrogen and oxygen atoms in total. The van der Waals surface area contributed by atoms with E-state index in [1.54, 1.807) is 13.8 Å². The van der Waals surface area contributed by atoms with Gasteiger partial charge in [0.25, 0.3) is 5.56 Å². The average Bonchev–Trinajstić information content (AvgIpc) is 2.83. The maximum atomic E-state index is 14.0. The molecule has 0 amide bonds. The zero-order valence-corrected chi connectivity index (χ0v) is 22.8. The van der Waals surface area contributed by atoms with Gasteiger partial charge in [-0.1, -0.05) is 50.7 Å². The third-order valence-corrected chi connectivity index (χ3v) is 10.5. The first-order chi connectivity index (χ1) is 17.6. The first-order valence-corrected chi connectivity index (χ1v) is 15.8. The quantitative estimate of drug-likeness (QED) is 0.424. The fraction of sp³-hybridized carbons (Fsp3) is 0.714. The number of piperidine rings is 2. The van der Waals surface area contributed by atoms with E-state index >= 15 is 0 Å². The van der Waals surface area contributed by atoms with Gasteiger partial charge in [-0.05, 0) is 64.5 Å². The van der Waals surface area contributed by atoms with Gasteiger partial charge >= 0.3 is 7.60 Å². The van der Waals surface area contributed by atoms with Crippen LogP contribution in [0.1, 0.15) is 96.9 Å². The van der Waals surface area contributed by atoms with Gasteiger partial charge in [-0.15, -0.1) is 0 Å². The van der Waals surface area contributed by atoms with E-state index in [0.717, 1.165) is 18.4 Å². The lowest BCUT2D eigenvalue weighted by atomic mass is 9.79. The summed E-state index contributed by atoms with van der Waals surface area (Å²) < 4.78 is 26.7. The highest BCUT2D eigenvalue weighted by molar-refractivity contribution is 7.61. The van der Waals surface area contributed by atoms with Crippen LogP contribution < -0.4 is 11.0 Å². The van der Waals surface area contributed by atoms with E-state index < -0.39 is 7.60 Å². The summed E-state index contributed by atoms with van der Waals surface area (Å²) in [5, 5.41) is 0. The summed E-state index contributed by atoms with van der Waals surface area (Å²) in [5.74, 6) is 0. The second-order valence-corrected chi connectivity index (χ2v) is 12.7. The van der Waals surface area contributed by atoms with Gasteiger partial charge in [0.2, 0.25) is 5.44 Å². The van der Waals surface area contributed by atoms with Crippen LogP contribution >= 0.6 is 7.60 Å². The number of nitrogens with zero attached hydrogens (tertiary/aromatic N) is 3. The first-order valence-electron chi connectivity index (χ1n) is 14.2. The third-order valence-electron chi connectivity index (χ3n) is 8.50. The molecule has 2 saturated heterocycles. The normalized spacial score (nSPS) is 26.6. The molecular formula is C28H42N3O4P. The predicted octanol–water partition coefficient (Wildman–Crippen LogP) is 5.96. The fourth-order valence-corrected chi connectivity index (χ4v) is 8.68.